The Morgan fingerprint density at radius 2 is 1.65 bits per heavy atom. The SMILES string of the molecule is N#Cc1ccc(CCCNc2nc(-c3ccc(C(F)(F)F)cc3)cc3nc(C(=O)N4CCC(F)(F)CC4)cn23)nc1.O=C(O)C(F)(F)F. The molecule has 0 unspecified atom stereocenters. The highest BCUT2D eigenvalue weighted by molar-refractivity contribution is 5.93. The smallest absolute Gasteiger partial charge is 0.475 e. The molecule has 1 aliphatic heterocycles. The number of nitrogens with one attached hydrogen (secondary N) is 1. The molecular formula is C30H25F8N7O3. The van der Waals surface area contributed by atoms with E-state index in [-0.39, 0.29) is 18.8 Å². The number of anilines is 1. The number of hydrogen-bond donors (Lipinski definition) is 2. The van der Waals surface area contributed by atoms with Crippen molar-refractivity contribution < 1.29 is 49.8 Å². The zero-order valence-corrected chi connectivity index (χ0v) is 24.6. The van der Waals surface area contributed by atoms with E-state index >= 15 is 0 Å². The van der Waals surface area contributed by atoms with Crippen LogP contribution in [0, 0.1) is 11.3 Å². The third-order valence-electron chi connectivity index (χ3n) is 7.05. The molecule has 254 valence electrons. The van der Waals surface area contributed by atoms with Crippen LogP contribution in [-0.4, -0.2) is 73.0 Å². The van der Waals surface area contributed by atoms with E-state index in [4.69, 9.17) is 15.2 Å². The molecule has 1 aromatic carbocycles. The van der Waals surface area contributed by atoms with Crippen LogP contribution in [0.4, 0.5) is 41.1 Å². The summed E-state index contributed by atoms with van der Waals surface area (Å²) in [5.41, 5.74) is 1.58. The molecule has 4 aromatic rings. The van der Waals surface area contributed by atoms with Gasteiger partial charge in [0.25, 0.3) is 11.8 Å². The van der Waals surface area contributed by atoms with E-state index in [2.05, 4.69) is 20.3 Å². The number of fused-ring (bicyclic) bond motifs is 1. The number of alkyl halides is 8. The fraction of sp³-hybridized carbons (Fsp3) is 0.333. The van der Waals surface area contributed by atoms with Crippen LogP contribution in [0.3, 0.4) is 0 Å². The van der Waals surface area contributed by atoms with Gasteiger partial charge < -0.3 is 15.3 Å². The highest BCUT2D eigenvalue weighted by atomic mass is 19.4. The number of carboxylic acid groups (broad SMARTS) is 1. The van der Waals surface area contributed by atoms with Gasteiger partial charge in [0.2, 0.25) is 5.95 Å². The van der Waals surface area contributed by atoms with Gasteiger partial charge in [-0.2, -0.15) is 31.6 Å². The van der Waals surface area contributed by atoms with Crippen molar-refractivity contribution in [2.45, 2.75) is 44.0 Å². The minimum atomic E-state index is -5.08. The van der Waals surface area contributed by atoms with Crippen LogP contribution in [0.2, 0.25) is 0 Å². The number of hydrogen-bond acceptors (Lipinski definition) is 7. The van der Waals surface area contributed by atoms with Gasteiger partial charge in [-0.1, -0.05) is 12.1 Å². The summed E-state index contributed by atoms with van der Waals surface area (Å²) < 4.78 is 99.7. The molecular weight excluding hydrogens is 658 g/mol. The van der Waals surface area contributed by atoms with E-state index in [1.54, 1.807) is 22.6 Å². The highest BCUT2D eigenvalue weighted by Gasteiger charge is 2.38. The average Bonchev–Trinajstić information content (AvgIpc) is 3.47. The molecule has 18 heteroatoms. The van der Waals surface area contributed by atoms with Crippen LogP contribution in [0.1, 0.15) is 46.6 Å². The highest BCUT2D eigenvalue weighted by Crippen LogP contribution is 2.32. The van der Waals surface area contributed by atoms with Gasteiger partial charge in [-0.05, 0) is 37.1 Å². The molecule has 1 saturated heterocycles. The molecule has 1 fully saturated rings. The van der Waals surface area contributed by atoms with E-state index < -0.39 is 48.6 Å². The van der Waals surface area contributed by atoms with Crippen LogP contribution >= 0.6 is 0 Å². The van der Waals surface area contributed by atoms with Crippen molar-refractivity contribution in [3.05, 3.63) is 77.4 Å². The zero-order chi connectivity index (χ0) is 35.3. The van der Waals surface area contributed by atoms with Crippen molar-refractivity contribution in [1.82, 2.24) is 24.3 Å². The Balaban J connectivity index is 0.000000671. The van der Waals surface area contributed by atoms with E-state index in [1.807, 2.05) is 6.07 Å². The summed E-state index contributed by atoms with van der Waals surface area (Å²) in [6.45, 7) is 0.245. The molecule has 2 N–H and O–H groups in total. The Morgan fingerprint density at radius 1 is 1.00 bits per heavy atom. The fourth-order valence-corrected chi connectivity index (χ4v) is 4.50. The van der Waals surface area contributed by atoms with Crippen LogP contribution < -0.4 is 5.32 Å². The summed E-state index contributed by atoms with van der Waals surface area (Å²) in [4.78, 5) is 36.5. The number of carboxylic acids is 1. The van der Waals surface area contributed by atoms with Gasteiger partial charge in [-0.3, -0.25) is 14.2 Å². The Kier molecular flexibility index (Phi) is 10.5. The Morgan fingerprint density at radius 3 is 2.19 bits per heavy atom. The minimum Gasteiger partial charge on any atom is -0.475 e. The number of pyridine rings is 1. The molecule has 1 amide bonds. The largest absolute Gasteiger partial charge is 0.490 e. The first kappa shape index (κ1) is 35.5. The van der Waals surface area contributed by atoms with Crippen molar-refractivity contribution >= 4 is 23.5 Å². The van der Waals surface area contributed by atoms with Crippen LogP contribution in [0.5, 0.6) is 0 Å². The molecule has 0 spiro atoms. The summed E-state index contributed by atoms with van der Waals surface area (Å²) in [5, 5.41) is 19.2. The number of imidazole rings is 1. The molecule has 0 aliphatic carbocycles. The monoisotopic (exact) mass is 683 g/mol. The van der Waals surface area contributed by atoms with Gasteiger partial charge in [0, 0.05) is 62.2 Å². The topological polar surface area (TPSA) is 137 Å². The summed E-state index contributed by atoms with van der Waals surface area (Å²) in [6.07, 6.45) is -6.21. The number of nitriles is 1. The lowest BCUT2D eigenvalue weighted by Gasteiger charge is -2.31. The molecule has 5 rings (SSSR count). The minimum absolute atomic E-state index is 0.0476. The van der Waals surface area contributed by atoms with Crippen molar-refractivity contribution in [2.24, 2.45) is 0 Å². The Hall–Kier alpha value is -5.34. The third-order valence-corrected chi connectivity index (χ3v) is 7.05. The van der Waals surface area contributed by atoms with Gasteiger partial charge in [0.15, 0.2) is 0 Å². The van der Waals surface area contributed by atoms with Crippen LogP contribution in [-0.2, 0) is 17.4 Å². The quantitative estimate of drug-likeness (QED) is 0.173. The molecule has 0 saturated carbocycles. The standard InChI is InChI=1S/C28H24F5N7O.C2HF3O2/c29-27(30)9-12-39(13-10-27)25(41)23-17-40-24(37-23)14-22(19-4-6-20(7-5-19)28(31,32)33)38-26(40)35-11-1-2-21-8-3-18(15-34)16-36-21;3-2(4,5)1(6)7/h3-8,14,16-17H,1-2,9-13H2,(H,35,38);(H,6,7). The second-order valence-corrected chi connectivity index (χ2v) is 10.5. The molecule has 48 heavy (non-hydrogen) atoms. The van der Waals surface area contributed by atoms with Gasteiger partial charge in [0.05, 0.1) is 16.8 Å². The van der Waals surface area contributed by atoms with Crippen molar-refractivity contribution in [3.8, 4) is 17.3 Å². The van der Waals surface area contributed by atoms with Crippen molar-refractivity contribution in [2.75, 3.05) is 25.0 Å². The summed E-state index contributed by atoms with van der Waals surface area (Å²) in [6, 6.07) is 11.6. The first-order chi connectivity index (χ1) is 22.5. The average molecular weight is 684 g/mol. The van der Waals surface area contributed by atoms with Gasteiger partial charge in [-0.15, -0.1) is 0 Å². The summed E-state index contributed by atoms with van der Waals surface area (Å²) in [5.74, 6) is -5.74. The first-order valence-electron chi connectivity index (χ1n) is 14.1. The second-order valence-electron chi connectivity index (χ2n) is 10.5. The number of aryl methyl sites for hydroxylation is 1. The number of rotatable bonds is 7. The summed E-state index contributed by atoms with van der Waals surface area (Å²) >= 11 is 0. The number of carbonyl (C=O) groups excluding carboxylic acids is 1. The molecule has 0 bridgehead atoms. The number of nitrogens with zero attached hydrogens (tertiary/aromatic N) is 6. The molecule has 10 nitrogen and oxygen atoms in total. The number of aromatic nitrogens is 4. The van der Waals surface area contributed by atoms with Gasteiger partial charge >= 0.3 is 18.3 Å². The van der Waals surface area contributed by atoms with E-state index in [0.29, 0.717) is 47.8 Å². The maximum Gasteiger partial charge on any atom is 0.490 e. The zero-order valence-electron chi connectivity index (χ0n) is 24.6. The van der Waals surface area contributed by atoms with Crippen molar-refractivity contribution in [3.63, 3.8) is 0 Å². The molecule has 3 aromatic heterocycles. The molecule has 0 radical (unpaired) electrons. The second kappa shape index (κ2) is 14.2. The maximum absolute atomic E-state index is 13.6. The van der Waals surface area contributed by atoms with Crippen LogP contribution in [0.15, 0.2) is 54.9 Å². The summed E-state index contributed by atoms with van der Waals surface area (Å²) in [7, 11) is 0. The number of amides is 1. The number of halogens is 8. The van der Waals surface area contributed by atoms with E-state index in [1.165, 1.54) is 29.4 Å². The van der Waals surface area contributed by atoms with Gasteiger partial charge in [0.1, 0.15) is 17.4 Å². The predicted molar refractivity (Wildman–Crippen MR) is 153 cm³/mol. The molecule has 0 atom stereocenters. The lowest BCUT2D eigenvalue weighted by Crippen LogP contribution is -2.42. The maximum atomic E-state index is 13.6. The number of benzene rings is 1. The van der Waals surface area contributed by atoms with Crippen LogP contribution in [0.25, 0.3) is 16.9 Å². The molecule has 1 aliphatic rings. The van der Waals surface area contributed by atoms with E-state index in [0.717, 1.165) is 17.8 Å². The third kappa shape index (κ3) is 9.14. The number of piperidine rings is 1. The Labute approximate surface area is 266 Å². The normalized spacial score (nSPS) is 14.5. The lowest BCUT2D eigenvalue weighted by atomic mass is 10.1. The predicted octanol–water partition coefficient (Wildman–Crippen LogP) is 6.23. The number of likely N-dealkylation sites (tertiary alicyclic amines) is 1. The lowest BCUT2D eigenvalue weighted by molar-refractivity contribution is -0.192. The number of aliphatic carboxylic acids is 1. The Bertz CT molecular complexity index is 1790. The number of carbonyl (C=O) groups is 2. The van der Waals surface area contributed by atoms with Crippen molar-refractivity contribution in [1.29, 1.82) is 5.26 Å². The van der Waals surface area contributed by atoms with Gasteiger partial charge in [-0.25, -0.2) is 23.5 Å². The molecule has 4 heterocycles. The first-order valence-corrected chi connectivity index (χ1v) is 14.1. The fourth-order valence-electron chi connectivity index (χ4n) is 4.50. The van der Waals surface area contributed by atoms with E-state index in [9.17, 15) is 39.9 Å².